The number of carbonyl (C=O) groups is 1. The largest absolute Gasteiger partial charge is 0.293 e. The van der Waals surface area contributed by atoms with Crippen molar-refractivity contribution in [3.8, 4) is 0 Å². The SMILES string of the molecule is O=C(c1c2ccccc2cc2ccccc12)C(Br)CBr. The molecule has 0 saturated heterocycles. The molecule has 0 spiro atoms. The summed E-state index contributed by atoms with van der Waals surface area (Å²) in [5.41, 5.74) is 0.806. The molecule has 3 heteroatoms. The Labute approximate surface area is 134 Å². The smallest absolute Gasteiger partial charge is 0.178 e. The average Bonchev–Trinajstić information content (AvgIpc) is 2.51. The predicted octanol–water partition coefficient (Wildman–Crippen LogP) is 5.33. The van der Waals surface area contributed by atoms with Crippen LogP contribution in [0.3, 0.4) is 0 Å². The van der Waals surface area contributed by atoms with Crippen LogP contribution in [-0.4, -0.2) is 15.9 Å². The van der Waals surface area contributed by atoms with Gasteiger partial charge in [-0.15, -0.1) is 0 Å². The van der Waals surface area contributed by atoms with Crippen molar-refractivity contribution in [2.24, 2.45) is 0 Å². The highest BCUT2D eigenvalue weighted by Crippen LogP contribution is 2.30. The van der Waals surface area contributed by atoms with Gasteiger partial charge in [0.05, 0.1) is 4.83 Å². The molecule has 0 aliphatic heterocycles. The molecule has 0 bridgehead atoms. The van der Waals surface area contributed by atoms with E-state index in [2.05, 4.69) is 50.1 Å². The maximum atomic E-state index is 12.7. The number of hydrogen-bond donors (Lipinski definition) is 0. The molecule has 1 unspecified atom stereocenters. The van der Waals surface area contributed by atoms with Crippen LogP contribution in [0.1, 0.15) is 10.4 Å². The van der Waals surface area contributed by atoms with Gasteiger partial charge < -0.3 is 0 Å². The van der Waals surface area contributed by atoms with Gasteiger partial charge in [-0.05, 0) is 27.6 Å². The Bertz CT molecular complexity index is 741. The van der Waals surface area contributed by atoms with Crippen molar-refractivity contribution in [2.75, 3.05) is 5.33 Å². The van der Waals surface area contributed by atoms with Gasteiger partial charge in [0.2, 0.25) is 0 Å². The van der Waals surface area contributed by atoms with Crippen molar-refractivity contribution in [1.29, 1.82) is 0 Å². The van der Waals surface area contributed by atoms with Gasteiger partial charge in [0.15, 0.2) is 5.78 Å². The number of fused-ring (bicyclic) bond motifs is 2. The first-order valence-corrected chi connectivity index (χ1v) is 8.41. The van der Waals surface area contributed by atoms with E-state index in [-0.39, 0.29) is 10.6 Å². The van der Waals surface area contributed by atoms with Crippen molar-refractivity contribution in [3.05, 3.63) is 60.2 Å². The van der Waals surface area contributed by atoms with E-state index in [9.17, 15) is 4.79 Å². The topological polar surface area (TPSA) is 17.1 Å². The third-order valence-corrected chi connectivity index (χ3v) is 5.69. The second kappa shape index (κ2) is 5.66. The van der Waals surface area contributed by atoms with Gasteiger partial charge in [-0.3, -0.25) is 4.79 Å². The number of rotatable bonds is 3. The average molecular weight is 392 g/mol. The lowest BCUT2D eigenvalue weighted by molar-refractivity contribution is 0.100. The number of benzene rings is 3. The Morgan fingerprint density at radius 3 is 1.95 bits per heavy atom. The fourth-order valence-corrected chi connectivity index (χ4v) is 3.03. The third-order valence-electron chi connectivity index (χ3n) is 3.44. The molecule has 0 aromatic heterocycles. The maximum absolute atomic E-state index is 12.7. The normalized spacial score (nSPS) is 12.7. The molecule has 100 valence electrons. The summed E-state index contributed by atoms with van der Waals surface area (Å²) in [7, 11) is 0. The lowest BCUT2D eigenvalue weighted by atomic mass is 9.93. The summed E-state index contributed by atoms with van der Waals surface area (Å²) >= 11 is 6.83. The van der Waals surface area contributed by atoms with Crippen molar-refractivity contribution >= 4 is 59.2 Å². The summed E-state index contributed by atoms with van der Waals surface area (Å²) in [5.74, 6) is 0.120. The number of carbonyl (C=O) groups excluding carboxylic acids is 1. The molecule has 0 fully saturated rings. The van der Waals surface area contributed by atoms with E-state index in [1.807, 2.05) is 36.4 Å². The summed E-state index contributed by atoms with van der Waals surface area (Å²) < 4.78 is 0. The minimum atomic E-state index is -0.211. The fraction of sp³-hybridized carbons (Fsp3) is 0.118. The summed E-state index contributed by atoms with van der Waals surface area (Å²) in [6.45, 7) is 0. The standard InChI is InChI=1S/C17H12Br2O/c18-10-15(19)17(20)16-13-7-3-1-5-11(13)9-12-6-2-4-8-14(12)16/h1-9,15H,10H2. The van der Waals surface area contributed by atoms with Gasteiger partial charge in [-0.25, -0.2) is 0 Å². The lowest BCUT2D eigenvalue weighted by Gasteiger charge is -2.12. The van der Waals surface area contributed by atoms with Crippen LogP contribution in [0.2, 0.25) is 0 Å². The number of alkyl halides is 2. The van der Waals surface area contributed by atoms with Crippen LogP contribution in [0.15, 0.2) is 54.6 Å². The molecule has 0 saturated carbocycles. The van der Waals surface area contributed by atoms with Gasteiger partial charge in [0.25, 0.3) is 0 Å². The van der Waals surface area contributed by atoms with E-state index in [4.69, 9.17) is 0 Å². The van der Waals surface area contributed by atoms with Crippen molar-refractivity contribution in [1.82, 2.24) is 0 Å². The third kappa shape index (κ3) is 2.29. The lowest BCUT2D eigenvalue weighted by Crippen LogP contribution is -2.16. The van der Waals surface area contributed by atoms with Crippen molar-refractivity contribution < 1.29 is 4.79 Å². The fourth-order valence-electron chi connectivity index (χ4n) is 2.51. The van der Waals surface area contributed by atoms with Crippen molar-refractivity contribution in [3.63, 3.8) is 0 Å². The van der Waals surface area contributed by atoms with Crippen LogP contribution >= 0.6 is 31.9 Å². The highest BCUT2D eigenvalue weighted by atomic mass is 79.9. The second-order valence-corrected chi connectivity index (χ2v) is 6.43. The molecule has 3 aromatic carbocycles. The number of halogens is 2. The summed E-state index contributed by atoms with van der Waals surface area (Å²) in [4.78, 5) is 12.5. The van der Waals surface area contributed by atoms with Crippen LogP contribution in [-0.2, 0) is 0 Å². The van der Waals surface area contributed by atoms with Crippen molar-refractivity contribution in [2.45, 2.75) is 4.83 Å². The van der Waals surface area contributed by atoms with Crippen LogP contribution in [0.25, 0.3) is 21.5 Å². The molecule has 0 radical (unpaired) electrons. The molecular weight excluding hydrogens is 380 g/mol. The van der Waals surface area contributed by atoms with Crippen LogP contribution in [0.4, 0.5) is 0 Å². The molecule has 3 aromatic rings. The Balaban J connectivity index is 2.42. The molecule has 20 heavy (non-hydrogen) atoms. The summed E-state index contributed by atoms with van der Waals surface area (Å²) in [6, 6.07) is 18.2. The predicted molar refractivity (Wildman–Crippen MR) is 92.3 cm³/mol. The zero-order valence-electron chi connectivity index (χ0n) is 10.6. The molecule has 1 nitrogen and oxygen atoms in total. The van der Waals surface area contributed by atoms with Crippen LogP contribution < -0.4 is 0 Å². The Hall–Kier alpha value is -1.19. The van der Waals surface area contributed by atoms with E-state index in [1.54, 1.807) is 0 Å². The Morgan fingerprint density at radius 1 is 0.950 bits per heavy atom. The Kier molecular flexibility index (Phi) is 3.90. The maximum Gasteiger partial charge on any atom is 0.178 e. The first-order chi connectivity index (χ1) is 9.72. The van der Waals surface area contributed by atoms with Crippen LogP contribution in [0, 0.1) is 0 Å². The zero-order chi connectivity index (χ0) is 14.1. The minimum absolute atomic E-state index is 0.120. The van der Waals surface area contributed by atoms with E-state index in [0.29, 0.717) is 5.33 Å². The second-order valence-electron chi connectivity index (χ2n) is 4.68. The highest BCUT2D eigenvalue weighted by Gasteiger charge is 2.20. The summed E-state index contributed by atoms with van der Waals surface area (Å²) in [6.07, 6.45) is 0. The molecular formula is C17H12Br2O. The first-order valence-electron chi connectivity index (χ1n) is 6.37. The highest BCUT2D eigenvalue weighted by molar-refractivity contribution is 9.12. The molecule has 0 heterocycles. The van der Waals surface area contributed by atoms with E-state index in [1.165, 1.54) is 0 Å². The molecule has 0 aliphatic rings. The minimum Gasteiger partial charge on any atom is -0.293 e. The molecule has 0 amide bonds. The molecule has 0 N–H and O–H groups in total. The van der Waals surface area contributed by atoms with E-state index >= 15 is 0 Å². The Morgan fingerprint density at radius 2 is 1.45 bits per heavy atom. The van der Waals surface area contributed by atoms with Gasteiger partial charge in [-0.1, -0.05) is 80.4 Å². The molecule has 0 aliphatic carbocycles. The summed E-state index contributed by atoms with van der Waals surface area (Å²) in [5, 5.41) is 4.83. The molecule has 1 atom stereocenters. The van der Waals surface area contributed by atoms with Crippen LogP contribution in [0.5, 0.6) is 0 Å². The van der Waals surface area contributed by atoms with E-state index < -0.39 is 0 Å². The number of ketones is 1. The monoisotopic (exact) mass is 390 g/mol. The number of Topliss-reactive ketones (excluding diaryl/α,β-unsaturated/α-hetero) is 1. The van der Waals surface area contributed by atoms with Gasteiger partial charge >= 0.3 is 0 Å². The van der Waals surface area contributed by atoms with Gasteiger partial charge in [-0.2, -0.15) is 0 Å². The van der Waals surface area contributed by atoms with E-state index in [0.717, 1.165) is 27.1 Å². The first kappa shape index (κ1) is 13.8. The van der Waals surface area contributed by atoms with Gasteiger partial charge in [0.1, 0.15) is 0 Å². The number of hydrogen-bond acceptors (Lipinski definition) is 1. The van der Waals surface area contributed by atoms with Gasteiger partial charge in [0, 0.05) is 10.9 Å². The molecule has 3 rings (SSSR count). The zero-order valence-corrected chi connectivity index (χ0v) is 13.8. The quantitative estimate of drug-likeness (QED) is 0.335.